The van der Waals surface area contributed by atoms with Gasteiger partial charge in [0.15, 0.2) is 9.84 Å². The monoisotopic (exact) mass is 367 g/mol. The molecular formula is C14H29N3O4S2. The smallest absolute Gasteiger partial charge is 0.281 e. The van der Waals surface area contributed by atoms with Gasteiger partial charge in [-0.05, 0) is 18.8 Å². The molecule has 0 spiro atoms. The van der Waals surface area contributed by atoms with Gasteiger partial charge in [0.05, 0.1) is 11.0 Å². The highest BCUT2D eigenvalue weighted by atomic mass is 32.2. The van der Waals surface area contributed by atoms with Gasteiger partial charge in [-0.1, -0.05) is 13.8 Å². The summed E-state index contributed by atoms with van der Waals surface area (Å²) in [7, 11) is -3.61. The molecule has 2 fully saturated rings. The van der Waals surface area contributed by atoms with E-state index in [4.69, 9.17) is 0 Å². The van der Waals surface area contributed by atoms with Crippen molar-refractivity contribution in [2.75, 3.05) is 46.0 Å². The zero-order valence-corrected chi connectivity index (χ0v) is 16.1. The molecule has 2 heterocycles. The van der Waals surface area contributed by atoms with Crippen molar-refractivity contribution in [3.8, 4) is 0 Å². The van der Waals surface area contributed by atoms with Crippen molar-refractivity contribution < 1.29 is 16.8 Å². The summed E-state index contributed by atoms with van der Waals surface area (Å²) >= 11 is 0. The van der Waals surface area contributed by atoms with E-state index in [0.717, 1.165) is 6.54 Å². The number of rotatable bonds is 4. The van der Waals surface area contributed by atoms with Crippen LogP contribution in [-0.4, -0.2) is 87.7 Å². The SMILES string of the molecule is CC(C)CN1CCS(=O)(=O)[C@@H]2CCN(S(=O)(=O)N(C)C)CC[C@@H]21. The molecule has 9 heteroatoms. The van der Waals surface area contributed by atoms with E-state index in [0.29, 0.717) is 31.8 Å². The molecule has 0 saturated carbocycles. The number of sulfone groups is 1. The lowest BCUT2D eigenvalue weighted by Gasteiger charge is -2.40. The summed E-state index contributed by atoms with van der Waals surface area (Å²) in [5.41, 5.74) is 0. The minimum absolute atomic E-state index is 0.0708. The minimum atomic E-state index is -3.49. The first kappa shape index (κ1) is 19.1. The average Bonchev–Trinajstić information content (AvgIpc) is 2.65. The van der Waals surface area contributed by atoms with Gasteiger partial charge in [-0.2, -0.15) is 17.0 Å². The molecule has 2 aliphatic rings. The molecule has 2 aliphatic heterocycles. The van der Waals surface area contributed by atoms with Gasteiger partial charge in [-0.15, -0.1) is 0 Å². The summed E-state index contributed by atoms with van der Waals surface area (Å²) in [6.07, 6.45) is 0.957. The van der Waals surface area contributed by atoms with Crippen LogP contribution in [0.15, 0.2) is 0 Å². The van der Waals surface area contributed by atoms with Gasteiger partial charge in [-0.25, -0.2) is 8.42 Å². The van der Waals surface area contributed by atoms with Crippen LogP contribution in [0.2, 0.25) is 0 Å². The first-order chi connectivity index (χ1) is 10.6. The highest BCUT2D eigenvalue weighted by Crippen LogP contribution is 2.29. The van der Waals surface area contributed by atoms with Crippen LogP contribution in [0.4, 0.5) is 0 Å². The van der Waals surface area contributed by atoms with E-state index in [1.807, 2.05) is 0 Å². The largest absolute Gasteiger partial charge is 0.298 e. The third-order valence-corrected chi connectivity index (χ3v) is 8.91. The van der Waals surface area contributed by atoms with Crippen molar-refractivity contribution in [3.63, 3.8) is 0 Å². The second kappa shape index (κ2) is 6.95. The molecule has 0 N–H and O–H groups in total. The Kier molecular flexibility index (Phi) is 5.78. The van der Waals surface area contributed by atoms with Gasteiger partial charge < -0.3 is 0 Å². The fraction of sp³-hybridized carbons (Fsp3) is 1.00. The van der Waals surface area contributed by atoms with Crippen LogP contribution in [0.3, 0.4) is 0 Å². The summed E-state index contributed by atoms with van der Waals surface area (Å²) < 4.78 is 52.3. The highest BCUT2D eigenvalue weighted by Gasteiger charge is 2.44. The van der Waals surface area contributed by atoms with Crippen molar-refractivity contribution in [2.45, 2.75) is 38.0 Å². The van der Waals surface area contributed by atoms with Crippen LogP contribution in [-0.2, 0) is 20.0 Å². The van der Waals surface area contributed by atoms with E-state index in [2.05, 4.69) is 18.7 Å². The topological polar surface area (TPSA) is 78.0 Å². The van der Waals surface area contributed by atoms with Crippen molar-refractivity contribution in [1.82, 2.24) is 13.5 Å². The first-order valence-electron chi connectivity index (χ1n) is 8.19. The van der Waals surface area contributed by atoms with Crippen LogP contribution in [0.5, 0.6) is 0 Å². The second-order valence-corrected chi connectivity index (χ2v) is 11.6. The predicted octanol–water partition coefficient (Wildman–Crippen LogP) is 0.0122. The van der Waals surface area contributed by atoms with Crippen molar-refractivity contribution in [3.05, 3.63) is 0 Å². The lowest BCUT2D eigenvalue weighted by molar-refractivity contribution is 0.162. The molecule has 0 aliphatic carbocycles. The van der Waals surface area contributed by atoms with Crippen molar-refractivity contribution in [2.24, 2.45) is 5.92 Å². The molecule has 2 rings (SSSR count). The lowest BCUT2D eigenvalue weighted by Crippen LogP contribution is -2.55. The summed E-state index contributed by atoms with van der Waals surface area (Å²) in [6, 6.07) is -0.0708. The standard InChI is InChI=1S/C14H29N3O4S2/c1-12(2)11-16-9-10-22(18,19)14-6-8-17(7-5-13(14)16)23(20,21)15(3)4/h12-14H,5-11H2,1-4H3/t13-,14+/m0/s1. The minimum Gasteiger partial charge on any atom is -0.298 e. The van der Waals surface area contributed by atoms with Crippen LogP contribution in [0, 0.1) is 5.92 Å². The van der Waals surface area contributed by atoms with Gasteiger partial charge in [0.1, 0.15) is 0 Å². The van der Waals surface area contributed by atoms with Gasteiger partial charge in [0.25, 0.3) is 10.2 Å². The number of nitrogens with zero attached hydrogens (tertiary/aromatic N) is 3. The molecule has 7 nitrogen and oxygen atoms in total. The summed E-state index contributed by atoms with van der Waals surface area (Å²) in [5.74, 6) is 0.641. The quantitative estimate of drug-likeness (QED) is 0.700. The maximum absolute atomic E-state index is 12.5. The van der Waals surface area contributed by atoms with Crippen molar-refractivity contribution in [1.29, 1.82) is 0 Å². The maximum atomic E-state index is 12.5. The molecule has 0 aromatic rings. The summed E-state index contributed by atoms with van der Waals surface area (Å²) in [5, 5.41) is -0.447. The third-order valence-electron chi connectivity index (χ3n) is 4.75. The molecule has 136 valence electrons. The Morgan fingerprint density at radius 3 is 2.30 bits per heavy atom. The van der Waals surface area contributed by atoms with Crippen LogP contribution in [0.25, 0.3) is 0 Å². The van der Waals surface area contributed by atoms with E-state index in [1.54, 1.807) is 0 Å². The number of hydrogen-bond acceptors (Lipinski definition) is 5. The van der Waals surface area contributed by atoms with Gasteiger partial charge in [0.2, 0.25) is 0 Å². The molecule has 0 amide bonds. The predicted molar refractivity (Wildman–Crippen MR) is 91.2 cm³/mol. The maximum Gasteiger partial charge on any atom is 0.281 e. The number of fused-ring (bicyclic) bond motifs is 1. The molecule has 0 radical (unpaired) electrons. The van der Waals surface area contributed by atoms with E-state index >= 15 is 0 Å². The second-order valence-electron chi connectivity index (χ2n) is 7.13. The summed E-state index contributed by atoms with van der Waals surface area (Å²) in [6.45, 7) is 6.32. The van der Waals surface area contributed by atoms with Crippen molar-refractivity contribution >= 4 is 20.0 Å². The Balaban J connectivity index is 2.24. The Hall–Kier alpha value is -0.220. The fourth-order valence-electron chi connectivity index (χ4n) is 3.59. The molecular weight excluding hydrogens is 338 g/mol. The summed E-state index contributed by atoms with van der Waals surface area (Å²) in [4.78, 5) is 2.25. The molecule has 0 aromatic heterocycles. The molecule has 2 atom stereocenters. The normalized spacial score (nSPS) is 30.3. The van der Waals surface area contributed by atoms with E-state index in [-0.39, 0.29) is 18.3 Å². The first-order valence-corrected chi connectivity index (χ1v) is 11.3. The Morgan fingerprint density at radius 1 is 1.13 bits per heavy atom. The Labute approximate surface area is 140 Å². The average molecular weight is 368 g/mol. The molecule has 0 unspecified atom stereocenters. The number of hydrogen-bond donors (Lipinski definition) is 0. The zero-order valence-electron chi connectivity index (χ0n) is 14.5. The highest BCUT2D eigenvalue weighted by molar-refractivity contribution is 7.92. The molecule has 23 heavy (non-hydrogen) atoms. The van der Waals surface area contributed by atoms with Gasteiger partial charge in [-0.3, -0.25) is 4.90 Å². The molecule has 2 saturated heterocycles. The van der Waals surface area contributed by atoms with Crippen LogP contribution < -0.4 is 0 Å². The Morgan fingerprint density at radius 2 is 1.74 bits per heavy atom. The Bertz CT molecular complexity index is 616. The van der Waals surface area contributed by atoms with Gasteiger partial charge >= 0.3 is 0 Å². The fourth-order valence-corrected chi connectivity index (χ4v) is 6.77. The zero-order chi connectivity index (χ0) is 17.4. The van der Waals surface area contributed by atoms with E-state index in [9.17, 15) is 16.8 Å². The molecule has 0 aromatic carbocycles. The van der Waals surface area contributed by atoms with E-state index in [1.165, 1.54) is 22.7 Å². The third kappa shape index (κ3) is 4.07. The lowest BCUT2D eigenvalue weighted by atomic mass is 10.0. The van der Waals surface area contributed by atoms with Gasteiger partial charge in [0, 0.05) is 46.3 Å². The molecule has 0 bridgehead atoms. The van der Waals surface area contributed by atoms with Crippen LogP contribution >= 0.6 is 0 Å². The van der Waals surface area contributed by atoms with E-state index < -0.39 is 25.3 Å². The van der Waals surface area contributed by atoms with Crippen LogP contribution in [0.1, 0.15) is 26.7 Å².